The van der Waals surface area contributed by atoms with Crippen LogP contribution < -0.4 is 4.74 Å². The normalized spacial score (nSPS) is 21.4. The van der Waals surface area contributed by atoms with Gasteiger partial charge in [-0.3, -0.25) is 4.98 Å². The summed E-state index contributed by atoms with van der Waals surface area (Å²) in [5.74, 6) is 0.713. The SMILES string of the molecule is CCOc1cncc(C2(O)CCCCc3ccccc32)c1. The topological polar surface area (TPSA) is 42.4 Å². The summed E-state index contributed by atoms with van der Waals surface area (Å²) in [5, 5.41) is 11.4. The lowest BCUT2D eigenvalue weighted by atomic mass is 9.82. The van der Waals surface area contributed by atoms with Gasteiger partial charge in [0.05, 0.1) is 12.8 Å². The average Bonchev–Trinajstić information content (AvgIpc) is 2.69. The Bertz CT molecular complexity index is 626. The number of benzene rings is 1. The van der Waals surface area contributed by atoms with Crippen molar-refractivity contribution >= 4 is 0 Å². The van der Waals surface area contributed by atoms with E-state index in [0.29, 0.717) is 12.4 Å². The van der Waals surface area contributed by atoms with E-state index in [-0.39, 0.29) is 0 Å². The van der Waals surface area contributed by atoms with Crippen LogP contribution in [0.25, 0.3) is 0 Å². The van der Waals surface area contributed by atoms with Crippen LogP contribution in [0.2, 0.25) is 0 Å². The fraction of sp³-hybridized carbons (Fsp3) is 0.389. The highest BCUT2D eigenvalue weighted by Crippen LogP contribution is 2.39. The van der Waals surface area contributed by atoms with Gasteiger partial charge in [-0.05, 0) is 49.8 Å². The first-order valence-electron chi connectivity index (χ1n) is 7.63. The van der Waals surface area contributed by atoms with Crippen molar-refractivity contribution < 1.29 is 9.84 Å². The average molecular weight is 283 g/mol. The molecule has 2 aromatic rings. The predicted octanol–water partition coefficient (Wildman–Crippen LogP) is 3.44. The fourth-order valence-electron chi connectivity index (χ4n) is 3.16. The van der Waals surface area contributed by atoms with Gasteiger partial charge >= 0.3 is 0 Å². The Hall–Kier alpha value is -1.87. The lowest BCUT2D eigenvalue weighted by Crippen LogP contribution is -2.27. The molecular formula is C18H21NO2. The Kier molecular flexibility index (Phi) is 3.93. The molecule has 1 aromatic carbocycles. The standard InChI is InChI=1S/C18H21NO2/c1-2-21-16-11-15(12-19-13-16)18(20)10-6-5-8-14-7-3-4-9-17(14)18/h3-4,7,9,11-13,20H,2,5-6,8,10H2,1H3. The third-order valence-electron chi connectivity index (χ3n) is 4.20. The van der Waals surface area contributed by atoms with Crippen molar-refractivity contribution in [3.63, 3.8) is 0 Å². The third kappa shape index (κ3) is 2.66. The smallest absolute Gasteiger partial charge is 0.137 e. The maximum absolute atomic E-state index is 11.4. The van der Waals surface area contributed by atoms with Gasteiger partial charge in [-0.25, -0.2) is 0 Å². The van der Waals surface area contributed by atoms with E-state index in [0.717, 1.165) is 36.8 Å². The van der Waals surface area contributed by atoms with E-state index in [9.17, 15) is 5.11 Å². The molecule has 1 atom stereocenters. The minimum absolute atomic E-state index is 0.597. The lowest BCUT2D eigenvalue weighted by Gasteiger charge is -2.29. The molecule has 1 aliphatic rings. The number of nitrogens with zero attached hydrogens (tertiary/aromatic N) is 1. The van der Waals surface area contributed by atoms with Gasteiger partial charge in [0.1, 0.15) is 11.4 Å². The Morgan fingerprint density at radius 3 is 2.95 bits per heavy atom. The summed E-state index contributed by atoms with van der Waals surface area (Å²) in [5.41, 5.74) is 2.10. The van der Waals surface area contributed by atoms with Crippen LogP contribution in [0.3, 0.4) is 0 Å². The van der Waals surface area contributed by atoms with E-state index in [1.54, 1.807) is 12.4 Å². The van der Waals surface area contributed by atoms with Crippen molar-refractivity contribution in [2.75, 3.05) is 6.61 Å². The van der Waals surface area contributed by atoms with Gasteiger partial charge in [-0.2, -0.15) is 0 Å². The minimum atomic E-state index is -0.965. The molecule has 3 heteroatoms. The van der Waals surface area contributed by atoms with E-state index >= 15 is 0 Å². The summed E-state index contributed by atoms with van der Waals surface area (Å²) in [4.78, 5) is 4.24. The van der Waals surface area contributed by atoms with Crippen LogP contribution in [0.1, 0.15) is 42.9 Å². The number of pyridine rings is 1. The summed E-state index contributed by atoms with van der Waals surface area (Å²) in [6, 6.07) is 10.1. The molecule has 0 spiro atoms. The Balaban J connectivity index is 2.09. The molecule has 3 nitrogen and oxygen atoms in total. The van der Waals surface area contributed by atoms with Gasteiger partial charge in [0.2, 0.25) is 0 Å². The van der Waals surface area contributed by atoms with Crippen LogP contribution in [0.4, 0.5) is 0 Å². The highest BCUT2D eigenvalue weighted by atomic mass is 16.5. The van der Waals surface area contributed by atoms with Gasteiger partial charge in [-0.1, -0.05) is 24.3 Å². The van der Waals surface area contributed by atoms with Gasteiger partial charge in [-0.15, -0.1) is 0 Å². The van der Waals surface area contributed by atoms with E-state index in [4.69, 9.17) is 4.74 Å². The van der Waals surface area contributed by atoms with E-state index in [1.165, 1.54) is 5.56 Å². The predicted molar refractivity (Wildman–Crippen MR) is 82.4 cm³/mol. The van der Waals surface area contributed by atoms with Crippen LogP contribution in [0, 0.1) is 0 Å². The maximum Gasteiger partial charge on any atom is 0.137 e. The molecule has 1 aromatic heterocycles. The molecule has 0 saturated carbocycles. The minimum Gasteiger partial charge on any atom is -0.492 e. The number of hydrogen-bond acceptors (Lipinski definition) is 3. The largest absolute Gasteiger partial charge is 0.492 e. The van der Waals surface area contributed by atoms with Crippen molar-refractivity contribution in [2.45, 2.75) is 38.2 Å². The first-order chi connectivity index (χ1) is 10.2. The van der Waals surface area contributed by atoms with E-state index in [2.05, 4.69) is 11.1 Å². The maximum atomic E-state index is 11.4. The molecule has 0 saturated heterocycles. The Morgan fingerprint density at radius 2 is 2.10 bits per heavy atom. The molecule has 0 fully saturated rings. The highest BCUT2D eigenvalue weighted by molar-refractivity contribution is 5.42. The summed E-state index contributed by atoms with van der Waals surface area (Å²) < 4.78 is 5.53. The second-order valence-electron chi connectivity index (χ2n) is 5.57. The van der Waals surface area contributed by atoms with Crippen molar-refractivity contribution in [3.8, 4) is 5.75 Å². The molecule has 1 N–H and O–H groups in total. The number of hydrogen-bond donors (Lipinski definition) is 1. The molecule has 3 rings (SSSR count). The number of aliphatic hydroxyl groups is 1. The summed E-state index contributed by atoms with van der Waals surface area (Å²) >= 11 is 0. The number of aromatic nitrogens is 1. The van der Waals surface area contributed by atoms with Crippen molar-refractivity contribution in [1.29, 1.82) is 0 Å². The van der Waals surface area contributed by atoms with Crippen molar-refractivity contribution in [1.82, 2.24) is 4.98 Å². The van der Waals surface area contributed by atoms with Gasteiger partial charge in [0.25, 0.3) is 0 Å². The molecule has 0 bridgehead atoms. The first kappa shape index (κ1) is 14.1. The van der Waals surface area contributed by atoms with E-state index in [1.807, 2.05) is 31.2 Å². The van der Waals surface area contributed by atoms with Gasteiger partial charge in [0.15, 0.2) is 0 Å². The quantitative estimate of drug-likeness (QED) is 0.877. The second kappa shape index (κ2) is 5.86. The first-order valence-corrected chi connectivity index (χ1v) is 7.63. The molecule has 110 valence electrons. The second-order valence-corrected chi connectivity index (χ2v) is 5.57. The third-order valence-corrected chi connectivity index (χ3v) is 4.20. The number of fused-ring (bicyclic) bond motifs is 1. The number of aryl methyl sites for hydroxylation is 1. The van der Waals surface area contributed by atoms with Crippen LogP contribution in [-0.2, 0) is 12.0 Å². The van der Waals surface area contributed by atoms with Gasteiger partial charge < -0.3 is 9.84 Å². The monoisotopic (exact) mass is 283 g/mol. The van der Waals surface area contributed by atoms with Crippen LogP contribution in [0.5, 0.6) is 5.75 Å². The molecule has 0 aliphatic heterocycles. The Morgan fingerprint density at radius 1 is 1.24 bits per heavy atom. The van der Waals surface area contributed by atoms with Crippen molar-refractivity contribution in [2.24, 2.45) is 0 Å². The summed E-state index contributed by atoms with van der Waals surface area (Å²) in [6.45, 7) is 2.54. The van der Waals surface area contributed by atoms with Crippen LogP contribution >= 0.6 is 0 Å². The lowest BCUT2D eigenvalue weighted by molar-refractivity contribution is 0.0697. The van der Waals surface area contributed by atoms with Crippen LogP contribution in [0.15, 0.2) is 42.7 Å². The highest BCUT2D eigenvalue weighted by Gasteiger charge is 2.35. The summed E-state index contributed by atoms with van der Waals surface area (Å²) in [7, 11) is 0. The number of rotatable bonds is 3. The zero-order chi connectivity index (χ0) is 14.7. The van der Waals surface area contributed by atoms with Crippen LogP contribution in [-0.4, -0.2) is 16.7 Å². The summed E-state index contributed by atoms with van der Waals surface area (Å²) in [6.07, 6.45) is 7.31. The van der Waals surface area contributed by atoms with E-state index < -0.39 is 5.60 Å². The number of ether oxygens (including phenoxy) is 1. The van der Waals surface area contributed by atoms with Gasteiger partial charge in [0, 0.05) is 11.8 Å². The molecule has 0 amide bonds. The molecule has 1 unspecified atom stereocenters. The van der Waals surface area contributed by atoms with Crippen molar-refractivity contribution in [3.05, 3.63) is 59.4 Å². The molecule has 0 radical (unpaired) electrons. The molecule has 21 heavy (non-hydrogen) atoms. The molecule has 1 heterocycles. The fourth-order valence-corrected chi connectivity index (χ4v) is 3.16. The Labute approximate surface area is 125 Å². The zero-order valence-corrected chi connectivity index (χ0v) is 12.4. The molecular weight excluding hydrogens is 262 g/mol. The molecule has 1 aliphatic carbocycles. The zero-order valence-electron chi connectivity index (χ0n) is 12.4.